The van der Waals surface area contributed by atoms with Crippen LogP contribution in [0.2, 0.25) is 0 Å². The first-order valence-electron chi connectivity index (χ1n) is 2.13. The molecule has 0 fully saturated rings. The third kappa shape index (κ3) is 6.92. The Labute approximate surface area is 67.1 Å². The van der Waals surface area contributed by atoms with Gasteiger partial charge >= 0.3 is 67.1 Å². The van der Waals surface area contributed by atoms with E-state index in [4.69, 9.17) is 0 Å². The normalized spacial score (nSPS) is 6.00. The van der Waals surface area contributed by atoms with Crippen LogP contribution in [0.25, 0.3) is 0 Å². The van der Waals surface area contributed by atoms with Gasteiger partial charge in [-0.1, -0.05) is 0 Å². The van der Waals surface area contributed by atoms with E-state index in [0.29, 0.717) is 0 Å². The van der Waals surface area contributed by atoms with Crippen LogP contribution >= 0.6 is 23.0 Å². The van der Waals surface area contributed by atoms with Crippen LogP contribution < -0.4 is 0 Å². The second-order valence-corrected chi connectivity index (χ2v) is 1.55. The molecule has 1 nitrogen and oxygen atoms in total. The summed E-state index contributed by atoms with van der Waals surface area (Å²) >= 11 is 1.79. The zero-order valence-electron chi connectivity index (χ0n) is 4.38. The average molecular weight is 209 g/mol. The summed E-state index contributed by atoms with van der Waals surface area (Å²) in [6.07, 6.45) is 0. The van der Waals surface area contributed by atoms with Gasteiger partial charge in [-0.15, -0.1) is 0 Å². The molecule has 32 valence electrons. The van der Waals surface area contributed by atoms with Crippen LogP contribution in [0.1, 0.15) is 0 Å². The van der Waals surface area contributed by atoms with Crippen LogP contribution in [0.5, 0.6) is 0 Å². The van der Waals surface area contributed by atoms with E-state index < -0.39 is 0 Å². The summed E-state index contributed by atoms with van der Waals surface area (Å²) in [5.74, 6) is 0. The predicted octanol–water partition coefficient (Wildman–Crippen LogP) is -1.74. The molecule has 0 aliphatic rings. The molecule has 0 bridgehead atoms. The Bertz CT molecular complexity index is 105. The van der Waals surface area contributed by atoms with Crippen LogP contribution in [0.3, 0.4) is 0 Å². The van der Waals surface area contributed by atoms with Crippen LogP contribution in [-0.2, 0) is 2.98 Å². The van der Waals surface area contributed by atoms with E-state index in [2.05, 4.69) is 10.4 Å². The number of hydrogen-bond donors (Lipinski definition) is 0. The third-order valence-corrected chi connectivity index (χ3v) is 0.782. The minimum absolute atomic E-state index is 1.58. The van der Waals surface area contributed by atoms with Crippen molar-refractivity contribution in [1.82, 2.24) is 0 Å². The molecule has 0 amide bonds. The molecule has 0 radical (unpaired) electrons. The maximum atomic E-state index is 4.59. The molecule has 0 saturated heterocycles. The number of hydrogen-bond acceptors (Lipinski definition) is 1. The van der Waals surface area contributed by atoms with Crippen molar-refractivity contribution < 1.29 is 2.98 Å². The van der Waals surface area contributed by atoms with Crippen molar-refractivity contribution in [3.05, 3.63) is 0 Å². The SMILES string of the molecule is B=BB=BB=BOI. The zero-order chi connectivity index (χ0) is 6.24. The molecule has 0 aliphatic carbocycles. The van der Waals surface area contributed by atoms with E-state index in [0.717, 1.165) is 0 Å². The summed E-state index contributed by atoms with van der Waals surface area (Å²) < 4.78 is 4.59. The van der Waals surface area contributed by atoms with Gasteiger partial charge in [-0.2, -0.15) is 0 Å². The topological polar surface area (TPSA) is 9.23 Å². The first-order valence-corrected chi connectivity index (χ1v) is 3.01. The summed E-state index contributed by atoms with van der Waals surface area (Å²) in [7, 11) is 5.08. The first-order chi connectivity index (χ1) is 3.91. The molecule has 0 N–H and O–H groups in total. The van der Waals surface area contributed by atoms with Gasteiger partial charge in [0.05, 0.1) is 0 Å². The van der Waals surface area contributed by atoms with E-state index in [1.54, 1.807) is 43.4 Å². The molecule has 0 aromatic rings. The number of halogens is 1. The Morgan fingerprint density at radius 2 is 2.00 bits per heavy atom. The van der Waals surface area contributed by atoms with Crippen LogP contribution in [-0.4, -0.2) is 41.1 Å². The van der Waals surface area contributed by atoms with Gasteiger partial charge in [-0.3, -0.25) is 0 Å². The summed E-state index contributed by atoms with van der Waals surface area (Å²) in [6.45, 7) is 7.16. The van der Waals surface area contributed by atoms with E-state index in [9.17, 15) is 0 Å². The van der Waals surface area contributed by atoms with Crippen LogP contribution in [0.4, 0.5) is 0 Å². The zero-order valence-corrected chi connectivity index (χ0v) is 6.54. The van der Waals surface area contributed by atoms with Crippen molar-refractivity contribution in [1.29, 1.82) is 0 Å². The maximum absolute atomic E-state index is 4.59. The molecule has 0 aliphatic heterocycles. The van der Waals surface area contributed by atoms with E-state index in [1.165, 1.54) is 0 Å². The predicted molar refractivity (Wildman–Crippen MR) is 51.0 cm³/mol. The molecule has 0 atom stereocenters. The van der Waals surface area contributed by atoms with Crippen molar-refractivity contribution >= 4 is 64.1 Å². The molecule has 8 heavy (non-hydrogen) atoms. The van der Waals surface area contributed by atoms with E-state index in [-0.39, 0.29) is 0 Å². The Kier molecular flexibility index (Phi) is 8.83. The van der Waals surface area contributed by atoms with Gasteiger partial charge < -0.3 is 0 Å². The van der Waals surface area contributed by atoms with Crippen LogP contribution in [0.15, 0.2) is 0 Å². The molecular weight excluding hydrogens is 208 g/mol. The molecular formula is HB6IO. The molecule has 0 rings (SSSR count). The Hall–Kier alpha value is 0.920. The Morgan fingerprint density at radius 3 is 2.50 bits per heavy atom. The van der Waals surface area contributed by atoms with Crippen molar-refractivity contribution in [3.63, 3.8) is 0 Å². The molecule has 0 unspecified atom stereocenters. The Morgan fingerprint density at radius 1 is 1.25 bits per heavy atom. The molecule has 0 saturated carbocycles. The van der Waals surface area contributed by atoms with Crippen molar-refractivity contribution in [2.45, 2.75) is 0 Å². The summed E-state index contributed by atoms with van der Waals surface area (Å²) in [4.78, 5) is 0. The fourth-order valence-electron chi connectivity index (χ4n) is 0.218. The van der Waals surface area contributed by atoms with Crippen molar-refractivity contribution in [2.75, 3.05) is 0 Å². The fourth-order valence-corrected chi connectivity index (χ4v) is 0.387. The molecule has 0 heterocycles. The van der Waals surface area contributed by atoms with E-state index >= 15 is 0 Å². The summed E-state index contributed by atoms with van der Waals surface area (Å²) in [6, 6.07) is 0. The average Bonchev–Trinajstić information content (AvgIpc) is 1.81. The van der Waals surface area contributed by atoms with Crippen LogP contribution in [0, 0.1) is 0 Å². The molecule has 0 aromatic carbocycles. The van der Waals surface area contributed by atoms with Gasteiger partial charge in [0.15, 0.2) is 0 Å². The third-order valence-electron chi connectivity index (χ3n) is 0.488. The second kappa shape index (κ2) is 7.92. The summed E-state index contributed by atoms with van der Waals surface area (Å²) in [5.41, 5.74) is 0. The molecule has 8 heteroatoms. The van der Waals surface area contributed by atoms with E-state index in [1.807, 2.05) is 13.4 Å². The van der Waals surface area contributed by atoms with Gasteiger partial charge in [0, 0.05) is 0 Å². The van der Waals surface area contributed by atoms with Crippen molar-refractivity contribution in [2.24, 2.45) is 0 Å². The number of rotatable bonds is 3. The van der Waals surface area contributed by atoms with Gasteiger partial charge in [0.1, 0.15) is 0 Å². The standard InChI is InChI=1S/B6HIO/c1-2-3-4-5-6-8-7/h1H. The quantitative estimate of drug-likeness (QED) is 0.396. The van der Waals surface area contributed by atoms with Gasteiger partial charge in [0.2, 0.25) is 0 Å². The minimum atomic E-state index is 1.58. The van der Waals surface area contributed by atoms with Gasteiger partial charge in [-0.05, 0) is 0 Å². The van der Waals surface area contributed by atoms with Crippen molar-refractivity contribution in [3.8, 4) is 0 Å². The van der Waals surface area contributed by atoms with Gasteiger partial charge in [0.25, 0.3) is 0 Å². The first kappa shape index (κ1) is 8.92. The fraction of sp³-hybridized carbons (Fsp3) is 0. The summed E-state index contributed by atoms with van der Waals surface area (Å²) in [5, 5.41) is 0. The van der Waals surface area contributed by atoms with Gasteiger partial charge in [-0.25, -0.2) is 0 Å². The molecule has 0 spiro atoms. The second-order valence-electron chi connectivity index (χ2n) is 1.04. The Balaban J connectivity index is 3.26. The monoisotopic (exact) mass is 210 g/mol. The molecule has 0 aromatic heterocycles.